The number of rotatable bonds is 4. The molecule has 0 saturated heterocycles. The van der Waals surface area contributed by atoms with Gasteiger partial charge < -0.3 is 20.0 Å². The smallest absolute Gasteiger partial charge is 0.341 e. The number of aryl methyl sites for hydroxylation is 1. The molecule has 0 aliphatic carbocycles. The van der Waals surface area contributed by atoms with Gasteiger partial charge in [0.1, 0.15) is 5.00 Å². The van der Waals surface area contributed by atoms with Gasteiger partial charge in [-0.15, -0.1) is 11.3 Å². The number of amides is 1. The molecule has 0 aliphatic heterocycles. The van der Waals surface area contributed by atoms with Gasteiger partial charge in [0.25, 0.3) is 0 Å². The normalized spacial score (nSPS) is 10.5. The Morgan fingerprint density at radius 3 is 2.42 bits per heavy atom. The summed E-state index contributed by atoms with van der Waals surface area (Å²) in [4.78, 5) is 34.1. The van der Waals surface area contributed by atoms with Gasteiger partial charge in [0.05, 0.1) is 18.6 Å². The minimum Gasteiger partial charge on any atom is -0.545 e. The van der Waals surface area contributed by atoms with E-state index in [1.54, 1.807) is 13.8 Å². The van der Waals surface area contributed by atoms with Crippen LogP contribution in [0.5, 0.6) is 0 Å². The lowest BCUT2D eigenvalue weighted by molar-refractivity contribution is -0.297. The third kappa shape index (κ3) is 3.65. The maximum atomic E-state index is 11.6. The Balaban J connectivity index is 3.02. The first-order valence-corrected chi connectivity index (χ1v) is 6.06. The molecule has 7 heteroatoms. The van der Waals surface area contributed by atoms with Crippen molar-refractivity contribution >= 4 is 34.2 Å². The highest BCUT2D eigenvalue weighted by Gasteiger charge is 2.20. The summed E-state index contributed by atoms with van der Waals surface area (Å²) in [6.07, 6.45) is 1.43. The predicted octanol–water partition coefficient (Wildman–Crippen LogP) is 0.396. The molecule has 1 amide bonds. The number of nitrogens with one attached hydrogen (secondary N) is 1. The number of esters is 1. The predicted molar refractivity (Wildman–Crippen MR) is 67.9 cm³/mol. The van der Waals surface area contributed by atoms with E-state index in [4.69, 9.17) is 0 Å². The van der Waals surface area contributed by atoms with E-state index in [0.717, 1.165) is 16.5 Å². The first-order valence-electron chi connectivity index (χ1n) is 5.25. The molecular weight excluding hydrogens is 270 g/mol. The monoisotopic (exact) mass is 282 g/mol. The van der Waals surface area contributed by atoms with Crippen molar-refractivity contribution in [3.63, 3.8) is 0 Å². The van der Waals surface area contributed by atoms with Gasteiger partial charge in [0.15, 0.2) is 0 Å². The standard InChI is InChI=1S/C12H13NO5S/c1-6-7(2)19-11(10(6)12(17)18-3)13-8(14)4-5-9(15)16/h4-5H,1-3H3,(H,13,14)(H,15,16)/p-1/b5-4+. The zero-order chi connectivity index (χ0) is 14.6. The summed E-state index contributed by atoms with van der Waals surface area (Å²) in [6, 6.07) is 0. The van der Waals surface area contributed by atoms with Crippen LogP contribution < -0.4 is 10.4 Å². The van der Waals surface area contributed by atoms with E-state index in [0.29, 0.717) is 11.1 Å². The molecular formula is C12H12NO5S-. The van der Waals surface area contributed by atoms with Gasteiger partial charge in [-0.1, -0.05) is 0 Å². The molecule has 102 valence electrons. The lowest BCUT2D eigenvalue weighted by Gasteiger charge is -2.04. The Kier molecular flexibility index (Phi) is 4.82. The van der Waals surface area contributed by atoms with E-state index in [1.807, 2.05) is 0 Å². The van der Waals surface area contributed by atoms with E-state index in [1.165, 1.54) is 18.4 Å². The first kappa shape index (κ1) is 14.9. The van der Waals surface area contributed by atoms with Crippen LogP contribution in [0.15, 0.2) is 12.2 Å². The van der Waals surface area contributed by atoms with Gasteiger partial charge >= 0.3 is 5.97 Å². The summed E-state index contributed by atoms with van der Waals surface area (Å²) in [5, 5.41) is 13.0. The molecule has 0 spiro atoms. The molecule has 0 unspecified atom stereocenters. The minimum atomic E-state index is -1.47. The van der Waals surface area contributed by atoms with Crippen LogP contribution in [0.25, 0.3) is 0 Å². The van der Waals surface area contributed by atoms with Crippen molar-refractivity contribution in [3.05, 3.63) is 28.2 Å². The number of thiophene rings is 1. The molecule has 19 heavy (non-hydrogen) atoms. The molecule has 1 aromatic heterocycles. The molecule has 1 N–H and O–H groups in total. The van der Waals surface area contributed by atoms with Gasteiger partial charge in [0.2, 0.25) is 5.91 Å². The first-order chi connectivity index (χ1) is 8.86. The molecule has 6 nitrogen and oxygen atoms in total. The van der Waals surface area contributed by atoms with E-state index >= 15 is 0 Å². The highest BCUT2D eigenvalue weighted by atomic mass is 32.1. The van der Waals surface area contributed by atoms with Crippen LogP contribution in [0.1, 0.15) is 20.8 Å². The van der Waals surface area contributed by atoms with Crippen LogP contribution in [0.4, 0.5) is 5.00 Å². The van der Waals surface area contributed by atoms with Crippen LogP contribution in [-0.2, 0) is 14.3 Å². The van der Waals surface area contributed by atoms with Crippen molar-refractivity contribution in [1.82, 2.24) is 0 Å². The molecule has 0 aliphatic rings. The van der Waals surface area contributed by atoms with E-state index in [2.05, 4.69) is 10.1 Å². The number of anilines is 1. The topological polar surface area (TPSA) is 95.5 Å². The summed E-state index contributed by atoms with van der Waals surface area (Å²) in [5.74, 6) is -2.68. The summed E-state index contributed by atoms with van der Waals surface area (Å²) in [7, 11) is 1.25. The average molecular weight is 282 g/mol. The third-order valence-corrected chi connectivity index (χ3v) is 3.51. The highest BCUT2D eigenvalue weighted by molar-refractivity contribution is 7.16. The quantitative estimate of drug-likeness (QED) is 0.637. The van der Waals surface area contributed by atoms with Gasteiger partial charge in [0, 0.05) is 11.0 Å². The summed E-state index contributed by atoms with van der Waals surface area (Å²) >= 11 is 1.22. The molecule has 1 aromatic rings. The van der Waals surface area contributed by atoms with Crippen LogP contribution in [-0.4, -0.2) is 25.0 Å². The molecule has 0 fully saturated rings. The fraction of sp³-hybridized carbons (Fsp3) is 0.250. The SMILES string of the molecule is COC(=O)c1c(NC(=O)/C=C/C(=O)[O-])sc(C)c1C. The number of hydrogen-bond donors (Lipinski definition) is 1. The number of carboxylic acid groups (broad SMARTS) is 1. The summed E-state index contributed by atoms with van der Waals surface area (Å²) in [5.41, 5.74) is 0.997. The zero-order valence-electron chi connectivity index (χ0n) is 10.6. The highest BCUT2D eigenvalue weighted by Crippen LogP contribution is 2.32. The summed E-state index contributed by atoms with van der Waals surface area (Å²) in [6.45, 7) is 3.55. The van der Waals surface area contributed by atoms with E-state index in [9.17, 15) is 19.5 Å². The van der Waals surface area contributed by atoms with Crippen molar-refractivity contribution in [2.24, 2.45) is 0 Å². The largest absolute Gasteiger partial charge is 0.545 e. The zero-order valence-corrected chi connectivity index (χ0v) is 11.4. The third-order valence-electron chi connectivity index (χ3n) is 2.38. The summed E-state index contributed by atoms with van der Waals surface area (Å²) < 4.78 is 4.65. The molecule has 1 heterocycles. The Morgan fingerprint density at radius 2 is 1.89 bits per heavy atom. The van der Waals surface area contributed by atoms with Crippen molar-refractivity contribution in [1.29, 1.82) is 0 Å². The number of ether oxygens (including phenoxy) is 1. The molecule has 0 atom stereocenters. The second-order valence-corrected chi connectivity index (χ2v) is 4.85. The number of hydrogen-bond acceptors (Lipinski definition) is 6. The Hall–Kier alpha value is -2.15. The van der Waals surface area contributed by atoms with Crippen LogP contribution >= 0.6 is 11.3 Å². The maximum Gasteiger partial charge on any atom is 0.341 e. The number of aliphatic carboxylic acids is 1. The van der Waals surface area contributed by atoms with Crippen molar-refractivity contribution < 1.29 is 24.2 Å². The fourth-order valence-electron chi connectivity index (χ4n) is 1.36. The molecule has 1 rings (SSSR count). The van der Waals surface area contributed by atoms with Gasteiger partial charge in [-0.3, -0.25) is 4.79 Å². The van der Waals surface area contributed by atoms with Gasteiger partial charge in [-0.2, -0.15) is 0 Å². The second-order valence-electron chi connectivity index (χ2n) is 3.62. The van der Waals surface area contributed by atoms with Crippen LogP contribution in [0.3, 0.4) is 0 Å². The minimum absolute atomic E-state index is 0.278. The van der Waals surface area contributed by atoms with Gasteiger partial charge in [-0.05, 0) is 25.5 Å². The van der Waals surface area contributed by atoms with Crippen molar-refractivity contribution in [2.45, 2.75) is 13.8 Å². The number of carboxylic acids is 1. The fourth-order valence-corrected chi connectivity index (χ4v) is 2.41. The lowest BCUT2D eigenvalue weighted by atomic mass is 10.1. The molecule has 0 saturated carbocycles. The van der Waals surface area contributed by atoms with Crippen molar-refractivity contribution in [2.75, 3.05) is 12.4 Å². The molecule has 0 bridgehead atoms. The van der Waals surface area contributed by atoms with E-state index in [-0.39, 0.29) is 5.56 Å². The van der Waals surface area contributed by atoms with Crippen molar-refractivity contribution in [3.8, 4) is 0 Å². The second kappa shape index (κ2) is 6.14. The maximum absolute atomic E-state index is 11.6. The molecule has 0 aromatic carbocycles. The number of carbonyl (C=O) groups is 3. The Bertz CT molecular complexity index is 559. The lowest BCUT2D eigenvalue weighted by Crippen LogP contribution is -2.20. The van der Waals surface area contributed by atoms with Gasteiger partial charge in [-0.25, -0.2) is 4.79 Å². The number of carbonyl (C=O) groups excluding carboxylic acids is 3. The average Bonchev–Trinajstić information content (AvgIpc) is 2.61. The van der Waals surface area contributed by atoms with Crippen LogP contribution in [0.2, 0.25) is 0 Å². The Labute approximate surface area is 113 Å². The number of methoxy groups -OCH3 is 1. The Morgan fingerprint density at radius 1 is 1.26 bits per heavy atom. The molecule has 0 radical (unpaired) electrons. The van der Waals surface area contributed by atoms with E-state index < -0.39 is 17.8 Å². The van der Waals surface area contributed by atoms with Crippen LogP contribution in [0, 0.1) is 13.8 Å².